The summed E-state index contributed by atoms with van der Waals surface area (Å²) in [4.78, 5) is 24.4. The minimum atomic E-state index is -4.88. The van der Waals surface area contributed by atoms with Gasteiger partial charge in [0, 0.05) is 23.1 Å². The molecule has 5 atom stereocenters. The molecule has 0 bridgehead atoms. The smallest absolute Gasteiger partial charge is 0.417 e. The van der Waals surface area contributed by atoms with E-state index >= 15 is 0 Å². The molecule has 0 spiro atoms. The zero-order chi connectivity index (χ0) is 24.7. The van der Waals surface area contributed by atoms with Gasteiger partial charge < -0.3 is 25.8 Å². The number of halogens is 5. The van der Waals surface area contributed by atoms with E-state index < -0.39 is 65.0 Å². The molecule has 3 rings (SSSR count). The third-order valence-corrected chi connectivity index (χ3v) is 6.03. The van der Waals surface area contributed by atoms with Crippen molar-refractivity contribution in [3.05, 3.63) is 53.4 Å². The molecule has 1 aromatic rings. The number of primary amides is 1. The Bertz CT molecular complexity index is 1030. The molecule has 0 radical (unpaired) electrons. The molecular weight excluding hydrogens is 453 g/mol. The van der Waals surface area contributed by atoms with Crippen LogP contribution in [0.4, 0.5) is 22.0 Å². The van der Waals surface area contributed by atoms with Crippen LogP contribution in [0, 0.1) is 17.6 Å². The van der Waals surface area contributed by atoms with E-state index in [1.165, 1.54) is 25.3 Å². The third-order valence-electron chi connectivity index (χ3n) is 6.03. The van der Waals surface area contributed by atoms with Crippen LogP contribution < -0.4 is 21.1 Å². The second kappa shape index (κ2) is 8.65. The summed E-state index contributed by atoms with van der Waals surface area (Å²) in [6.07, 6.45) is -2.66. The van der Waals surface area contributed by atoms with Gasteiger partial charge in [-0.05, 0) is 31.3 Å². The van der Waals surface area contributed by atoms with E-state index in [4.69, 9.17) is 15.2 Å². The van der Waals surface area contributed by atoms with E-state index in [1.54, 1.807) is 0 Å². The van der Waals surface area contributed by atoms with Crippen LogP contribution in [0.25, 0.3) is 0 Å². The Hall–Kier alpha value is -3.15. The Kier molecular flexibility index (Phi) is 6.42. The molecule has 0 aliphatic carbocycles. The maximum absolute atomic E-state index is 14.4. The minimum absolute atomic E-state index is 0.0930. The summed E-state index contributed by atoms with van der Waals surface area (Å²) in [5, 5.41) is 5.04. The van der Waals surface area contributed by atoms with Gasteiger partial charge in [0.1, 0.15) is 12.1 Å². The van der Waals surface area contributed by atoms with Crippen molar-refractivity contribution < 1.29 is 41.0 Å². The van der Waals surface area contributed by atoms with Crippen LogP contribution in [0.15, 0.2) is 36.2 Å². The van der Waals surface area contributed by atoms with Crippen molar-refractivity contribution in [3.63, 3.8) is 0 Å². The number of carbonyl (C=O) groups excluding carboxylic acids is 2. The van der Waals surface area contributed by atoms with Gasteiger partial charge in [-0.2, -0.15) is 17.6 Å². The lowest BCUT2D eigenvalue weighted by Gasteiger charge is -2.32. The van der Waals surface area contributed by atoms with Crippen LogP contribution in [0.5, 0.6) is 5.75 Å². The molecule has 2 unspecified atom stereocenters. The van der Waals surface area contributed by atoms with E-state index in [0.717, 1.165) is 26.2 Å². The third kappa shape index (κ3) is 4.26. The summed E-state index contributed by atoms with van der Waals surface area (Å²) < 4.78 is 80.1. The molecular formula is C21H22F5N3O4. The lowest BCUT2D eigenvalue weighted by atomic mass is 9.77. The maximum atomic E-state index is 14.4. The van der Waals surface area contributed by atoms with Crippen molar-refractivity contribution in [2.24, 2.45) is 11.7 Å². The second-order valence-electron chi connectivity index (χ2n) is 7.93. The molecule has 0 saturated carbocycles. The average molecular weight is 475 g/mol. The molecule has 0 aromatic heterocycles. The zero-order valence-corrected chi connectivity index (χ0v) is 17.8. The fourth-order valence-electron chi connectivity index (χ4n) is 4.03. The maximum Gasteiger partial charge on any atom is 0.417 e. The van der Waals surface area contributed by atoms with Crippen LogP contribution in [-0.2, 0) is 14.3 Å². The van der Waals surface area contributed by atoms with Gasteiger partial charge >= 0.3 is 6.18 Å². The van der Waals surface area contributed by atoms with Crippen molar-refractivity contribution >= 4 is 11.8 Å². The lowest BCUT2D eigenvalue weighted by molar-refractivity contribution is -0.272. The Balaban J connectivity index is 2.04. The minimum Gasteiger partial charge on any atom is -0.493 e. The van der Waals surface area contributed by atoms with Crippen LogP contribution >= 0.6 is 0 Å². The van der Waals surface area contributed by atoms with Crippen molar-refractivity contribution in [2.45, 2.75) is 43.7 Å². The molecule has 4 N–H and O–H groups in total. The van der Waals surface area contributed by atoms with Gasteiger partial charge in [0.05, 0.1) is 7.11 Å². The van der Waals surface area contributed by atoms with E-state index in [-0.39, 0.29) is 11.3 Å². The molecule has 180 valence electrons. The topological polar surface area (TPSA) is 103 Å². The fourth-order valence-corrected chi connectivity index (χ4v) is 4.03. The van der Waals surface area contributed by atoms with Crippen molar-refractivity contribution in [1.29, 1.82) is 0 Å². The SMILES string of the molecule is COc1c(C2[C@H](C(=O)NC3=CC(C(N)=O)NC=C3)O[C@@](C)(C(F)(F)F)[C@H]2C)ccc(F)c1F. The van der Waals surface area contributed by atoms with E-state index in [1.807, 2.05) is 0 Å². The van der Waals surface area contributed by atoms with E-state index in [9.17, 15) is 31.5 Å². The first kappa shape index (κ1) is 24.5. The number of carbonyl (C=O) groups is 2. The quantitative estimate of drug-likeness (QED) is 0.568. The fraction of sp³-hybridized carbons (Fsp3) is 0.429. The number of dihydropyridines is 1. The predicted molar refractivity (Wildman–Crippen MR) is 106 cm³/mol. The number of hydrogen-bond acceptors (Lipinski definition) is 5. The molecule has 2 amide bonds. The van der Waals surface area contributed by atoms with Crippen molar-refractivity contribution in [1.82, 2.24) is 10.6 Å². The molecule has 1 saturated heterocycles. The highest BCUT2D eigenvalue weighted by Gasteiger charge is 2.65. The normalized spacial score (nSPS) is 29.3. The number of methoxy groups -OCH3 is 1. The van der Waals surface area contributed by atoms with Crippen LogP contribution in [-0.4, -0.2) is 42.8 Å². The molecule has 12 heteroatoms. The molecule has 1 fully saturated rings. The van der Waals surface area contributed by atoms with Gasteiger partial charge in [0.25, 0.3) is 5.91 Å². The average Bonchev–Trinajstić information content (AvgIpc) is 3.02. The first-order chi connectivity index (χ1) is 15.3. The summed E-state index contributed by atoms with van der Waals surface area (Å²) in [7, 11) is 1.04. The van der Waals surface area contributed by atoms with Crippen LogP contribution in [0.1, 0.15) is 25.3 Å². The summed E-state index contributed by atoms with van der Waals surface area (Å²) in [6, 6.07) is 0.862. The number of nitrogens with two attached hydrogens (primary N) is 1. The number of benzene rings is 1. The molecule has 33 heavy (non-hydrogen) atoms. The van der Waals surface area contributed by atoms with Crippen molar-refractivity contribution in [2.75, 3.05) is 7.11 Å². The Morgan fingerprint density at radius 3 is 2.52 bits per heavy atom. The van der Waals surface area contributed by atoms with Gasteiger partial charge in [-0.1, -0.05) is 13.0 Å². The number of allylic oxidation sites excluding steroid dienone is 1. The van der Waals surface area contributed by atoms with Gasteiger partial charge in [-0.15, -0.1) is 0 Å². The number of alkyl halides is 3. The first-order valence-corrected chi connectivity index (χ1v) is 9.82. The second-order valence-corrected chi connectivity index (χ2v) is 7.93. The largest absolute Gasteiger partial charge is 0.493 e. The number of amides is 2. The van der Waals surface area contributed by atoms with Gasteiger partial charge in [-0.3, -0.25) is 9.59 Å². The van der Waals surface area contributed by atoms with Crippen LogP contribution in [0.3, 0.4) is 0 Å². The monoisotopic (exact) mass is 475 g/mol. The van der Waals surface area contributed by atoms with Crippen molar-refractivity contribution in [3.8, 4) is 5.75 Å². The van der Waals surface area contributed by atoms with Gasteiger partial charge in [0.15, 0.2) is 17.2 Å². The Morgan fingerprint density at radius 1 is 1.27 bits per heavy atom. The Morgan fingerprint density at radius 2 is 1.94 bits per heavy atom. The van der Waals surface area contributed by atoms with Gasteiger partial charge in [-0.25, -0.2) is 4.39 Å². The number of hydrogen-bond donors (Lipinski definition) is 3. The summed E-state index contributed by atoms with van der Waals surface area (Å²) in [5.74, 6) is -7.73. The van der Waals surface area contributed by atoms with E-state index in [0.29, 0.717) is 0 Å². The highest BCUT2D eigenvalue weighted by molar-refractivity contribution is 5.86. The molecule has 2 aliphatic heterocycles. The molecule has 7 nitrogen and oxygen atoms in total. The summed E-state index contributed by atoms with van der Waals surface area (Å²) >= 11 is 0. The lowest BCUT2D eigenvalue weighted by Crippen LogP contribution is -2.47. The Labute approximate surface area is 185 Å². The highest BCUT2D eigenvalue weighted by atomic mass is 19.4. The molecule has 2 aliphatic rings. The standard InChI is InChI=1S/C21H22F5N3O4/c1-9-14(11-4-5-12(22)15(23)16(11)32-3)17(33-20(9,2)21(24,25)26)19(31)29-10-6-7-28-13(8-10)18(27)30/h4-9,13-14,17,28H,1-3H3,(H2,27,30)(H,29,31)/t9-,13?,14?,17+,20+/m0/s1. The molecule has 1 aromatic carbocycles. The number of rotatable bonds is 5. The summed E-state index contributed by atoms with van der Waals surface area (Å²) in [6.45, 7) is 2.00. The number of nitrogens with one attached hydrogen (secondary N) is 2. The first-order valence-electron chi connectivity index (χ1n) is 9.82. The van der Waals surface area contributed by atoms with Crippen LogP contribution in [0.2, 0.25) is 0 Å². The predicted octanol–water partition coefficient (Wildman–Crippen LogP) is 2.38. The highest BCUT2D eigenvalue weighted by Crippen LogP contribution is 2.54. The molecule has 2 heterocycles. The zero-order valence-electron chi connectivity index (χ0n) is 17.8. The number of ether oxygens (including phenoxy) is 2. The summed E-state index contributed by atoms with van der Waals surface area (Å²) in [5.41, 5.74) is 2.39. The van der Waals surface area contributed by atoms with Gasteiger partial charge in [0.2, 0.25) is 11.7 Å². The van der Waals surface area contributed by atoms with E-state index in [2.05, 4.69) is 10.6 Å².